The molecule has 0 aliphatic carbocycles. The summed E-state index contributed by atoms with van der Waals surface area (Å²) in [6.45, 7) is 4.07. The monoisotopic (exact) mass is 419 g/mol. The molecule has 1 aliphatic rings. The van der Waals surface area contributed by atoms with E-state index in [-0.39, 0.29) is 18.1 Å². The summed E-state index contributed by atoms with van der Waals surface area (Å²) in [4.78, 5) is 6.90. The van der Waals surface area contributed by atoms with Gasteiger partial charge in [0, 0.05) is 28.8 Å². The summed E-state index contributed by atoms with van der Waals surface area (Å²) in [6.07, 6.45) is 3.48. The quantitative estimate of drug-likeness (QED) is 0.415. The molecule has 1 saturated heterocycles. The average molecular weight is 420 g/mol. The van der Waals surface area contributed by atoms with E-state index in [0.717, 1.165) is 47.6 Å². The number of rotatable bonds is 3. The molecular formula is C20H23BrFN3O. The molecule has 138 valence electrons. The number of guanidine groups is 1. The van der Waals surface area contributed by atoms with Crippen molar-refractivity contribution in [3.05, 3.63) is 57.8 Å². The van der Waals surface area contributed by atoms with E-state index in [9.17, 15) is 9.50 Å². The van der Waals surface area contributed by atoms with Crippen molar-refractivity contribution in [2.45, 2.75) is 32.7 Å². The topological polar surface area (TPSA) is 47.9 Å². The number of phenols is 1. The van der Waals surface area contributed by atoms with E-state index in [1.54, 1.807) is 24.3 Å². The molecule has 6 heteroatoms. The Bertz CT molecular complexity index is 804. The van der Waals surface area contributed by atoms with Crippen molar-refractivity contribution in [3.63, 3.8) is 0 Å². The first-order chi connectivity index (χ1) is 12.5. The number of benzene rings is 2. The van der Waals surface area contributed by atoms with E-state index in [1.807, 2.05) is 13.0 Å². The molecule has 3 rings (SSSR count). The number of halogens is 2. The number of aromatic hydroxyl groups is 1. The number of nitrogens with one attached hydrogen (secondary N) is 1. The van der Waals surface area contributed by atoms with Gasteiger partial charge in [-0.05, 0) is 68.1 Å². The van der Waals surface area contributed by atoms with Gasteiger partial charge >= 0.3 is 0 Å². The maximum absolute atomic E-state index is 14.0. The number of aryl methyl sites for hydroxylation is 1. The molecule has 2 N–H and O–H groups in total. The smallest absolute Gasteiger partial charge is 0.198 e. The number of likely N-dealkylation sites (tertiary alicyclic amines) is 1. The van der Waals surface area contributed by atoms with Crippen LogP contribution in [-0.2, 0) is 6.54 Å². The third kappa shape index (κ3) is 4.75. The highest BCUT2D eigenvalue weighted by Gasteiger charge is 2.16. The van der Waals surface area contributed by atoms with Crippen LogP contribution in [0, 0.1) is 12.7 Å². The van der Waals surface area contributed by atoms with Gasteiger partial charge in [0.2, 0.25) is 0 Å². The van der Waals surface area contributed by atoms with Crippen LogP contribution in [0.2, 0.25) is 0 Å². The molecule has 0 radical (unpaired) electrons. The number of phenolic OH excluding ortho intramolecular Hbond substituents is 1. The summed E-state index contributed by atoms with van der Waals surface area (Å²) in [5.41, 5.74) is 2.38. The zero-order chi connectivity index (χ0) is 18.5. The van der Waals surface area contributed by atoms with Crippen molar-refractivity contribution >= 4 is 27.6 Å². The van der Waals surface area contributed by atoms with Gasteiger partial charge in [-0.3, -0.25) is 0 Å². The van der Waals surface area contributed by atoms with Gasteiger partial charge in [0.1, 0.15) is 11.6 Å². The van der Waals surface area contributed by atoms with E-state index >= 15 is 0 Å². The molecule has 0 amide bonds. The summed E-state index contributed by atoms with van der Waals surface area (Å²) < 4.78 is 14.9. The van der Waals surface area contributed by atoms with Gasteiger partial charge in [0.15, 0.2) is 5.96 Å². The van der Waals surface area contributed by atoms with Gasteiger partial charge in [0.25, 0.3) is 0 Å². The molecule has 0 spiro atoms. The standard InChI is InChI=1S/C20H23BrFN3O/c1-14-11-17(26)6-8-19(14)24-20(25-9-3-2-4-10-25)23-13-15-12-16(21)5-7-18(15)22/h5-8,11-12,26H,2-4,9-10,13H2,1H3,(H,23,24). The predicted octanol–water partition coefficient (Wildman–Crippen LogP) is 5.06. The normalized spacial score (nSPS) is 15.2. The second kappa shape index (κ2) is 8.54. The third-order valence-electron chi connectivity index (χ3n) is 4.52. The van der Waals surface area contributed by atoms with Crippen LogP contribution in [-0.4, -0.2) is 29.1 Å². The predicted molar refractivity (Wildman–Crippen MR) is 107 cm³/mol. The fourth-order valence-electron chi connectivity index (χ4n) is 3.06. The number of piperidine rings is 1. The Morgan fingerprint density at radius 2 is 1.96 bits per heavy atom. The maximum atomic E-state index is 14.0. The zero-order valence-corrected chi connectivity index (χ0v) is 16.4. The number of anilines is 1. The van der Waals surface area contributed by atoms with Crippen LogP contribution in [0.4, 0.5) is 10.1 Å². The van der Waals surface area contributed by atoms with Crippen molar-refractivity contribution in [2.75, 3.05) is 18.4 Å². The van der Waals surface area contributed by atoms with Crippen LogP contribution in [0.1, 0.15) is 30.4 Å². The second-order valence-electron chi connectivity index (χ2n) is 6.55. The van der Waals surface area contributed by atoms with Crippen molar-refractivity contribution in [2.24, 2.45) is 4.99 Å². The number of hydrogen-bond donors (Lipinski definition) is 2. The number of nitrogens with zero attached hydrogens (tertiary/aromatic N) is 2. The molecule has 0 aromatic heterocycles. The summed E-state index contributed by atoms with van der Waals surface area (Å²) in [6, 6.07) is 10.1. The maximum Gasteiger partial charge on any atom is 0.198 e. The van der Waals surface area contributed by atoms with Gasteiger partial charge in [-0.25, -0.2) is 9.38 Å². The van der Waals surface area contributed by atoms with Gasteiger partial charge in [-0.1, -0.05) is 15.9 Å². The van der Waals surface area contributed by atoms with Crippen molar-refractivity contribution in [1.82, 2.24) is 4.90 Å². The van der Waals surface area contributed by atoms with Crippen LogP contribution < -0.4 is 5.32 Å². The van der Waals surface area contributed by atoms with Crippen LogP contribution in [0.5, 0.6) is 5.75 Å². The van der Waals surface area contributed by atoms with Crippen LogP contribution in [0.25, 0.3) is 0 Å². The number of aliphatic imine (C=N–C) groups is 1. The van der Waals surface area contributed by atoms with Crippen LogP contribution in [0.3, 0.4) is 0 Å². The lowest BCUT2D eigenvalue weighted by atomic mass is 10.1. The summed E-state index contributed by atoms with van der Waals surface area (Å²) in [5.74, 6) is 0.731. The minimum Gasteiger partial charge on any atom is -0.508 e. The first-order valence-electron chi connectivity index (χ1n) is 8.83. The Morgan fingerprint density at radius 1 is 1.19 bits per heavy atom. The van der Waals surface area contributed by atoms with Crippen LogP contribution >= 0.6 is 15.9 Å². The lowest BCUT2D eigenvalue weighted by molar-refractivity contribution is 0.340. The SMILES string of the molecule is Cc1cc(O)ccc1NC(=NCc1cc(Br)ccc1F)N1CCCCC1. The molecule has 1 heterocycles. The second-order valence-corrected chi connectivity index (χ2v) is 7.46. The molecule has 4 nitrogen and oxygen atoms in total. The number of hydrogen-bond acceptors (Lipinski definition) is 2. The molecule has 0 saturated carbocycles. The fourth-order valence-corrected chi connectivity index (χ4v) is 3.47. The molecular weight excluding hydrogens is 397 g/mol. The van der Waals surface area contributed by atoms with Gasteiger partial charge < -0.3 is 15.3 Å². The highest BCUT2D eigenvalue weighted by molar-refractivity contribution is 9.10. The Hall–Kier alpha value is -2.08. The highest BCUT2D eigenvalue weighted by atomic mass is 79.9. The fraction of sp³-hybridized carbons (Fsp3) is 0.350. The Kier molecular flexibility index (Phi) is 6.14. The summed E-state index contributed by atoms with van der Waals surface area (Å²) in [7, 11) is 0. The lowest BCUT2D eigenvalue weighted by Gasteiger charge is -2.30. The van der Waals surface area contributed by atoms with Crippen molar-refractivity contribution < 1.29 is 9.50 Å². The van der Waals surface area contributed by atoms with Crippen molar-refractivity contribution in [3.8, 4) is 5.75 Å². The Morgan fingerprint density at radius 3 is 2.69 bits per heavy atom. The molecule has 0 unspecified atom stereocenters. The minimum absolute atomic E-state index is 0.237. The molecule has 2 aromatic rings. The summed E-state index contributed by atoms with van der Waals surface area (Å²) in [5, 5.41) is 13.0. The van der Waals surface area contributed by atoms with E-state index in [1.165, 1.54) is 12.5 Å². The largest absolute Gasteiger partial charge is 0.508 e. The van der Waals surface area contributed by atoms with E-state index < -0.39 is 0 Å². The Balaban J connectivity index is 1.85. The average Bonchev–Trinajstić information content (AvgIpc) is 2.63. The van der Waals surface area contributed by atoms with Gasteiger partial charge in [0.05, 0.1) is 6.54 Å². The molecule has 2 aromatic carbocycles. The van der Waals surface area contributed by atoms with E-state index in [0.29, 0.717) is 5.56 Å². The van der Waals surface area contributed by atoms with E-state index in [4.69, 9.17) is 0 Å². The molecule has 1 fully saturated rings. The van der Waals surface area contributed by atoms with Crippen molar-refractivity contribution in [1.29, 1.82) is 0 Å². The molecule has 0 bridgehead atoms. The summed E-state index contributed by atoms with van der Waals surface area (Å²) >= 11 is 3.39. The zero-order valence-electron chi connectivity index (χ0n) is 14.8. The molecule has 26 heavy (non-hydrogen) atoms. The Labute approximate surface area is 161 Å². The molecule has 0 atom stereocenters. The van der Waals surface area contributed by atoms with Gasteiger partial charge in [-0.2, -0.15) is 0 Å². The lowest BCUT2D eigenvalue weighted by Crippen LogP contribution is -2.40. The highest BCUT2D eigenvalue weighted by Crippen LogP contribution is 2.22. The van der Waals surface area contributed by atoms with E-state index in [2.05, 4.69) is 31.1 Å². The van der Waals surface area contributed by atoms with Gasteiger partial charge in [-0.15, -0.1) is 0 Å². The van der Waals surface area contributed by atoms with Crippen LogP contribution in [0.15, 0.2) is 45.9 Å². The minimum atomic E-state index is -0.254. The first-order valence-corrected chi connectivity index (χ1v) is 9.62. The first kappa shape index (κ1) is 18.7. The third-order valence-corrected chi connectivity index (χ3v) is 5.01. The molecule has 1 aliphatic heterocycles.